The van der Waals surface area contributed by atoms with E-state index in [1.165, 1.54) is 0 Å². The van der Waals surface area contributed by atoms with Gasteiger partial charge >= 0.3 is 0 Å². The second kappa shape index (κ2) is 5.82. The van der Waals surface area contributed by atoms with Gasteiger partial charge in [-0.2, -0.15) is 0 Å². The highest BCUT2D eigenvalue weighted by Gasteiger charge is 2.34. The predicted molar refractivity (Wildman–Crippen MR) is 111 cm³/mol. The zero-order chi connectivity index (χ0) is 19.4. The first kappa shape index (κ1) is 16.3. The van der Waals surface area contributed by atoms with Gasteiger partial charge in [-0.1, -0.05) is 36.4 Å². The summed E-state index contributed by atoms with van der Waals surface area (Å²) in [5, 5.41) is 5.20. The van der Waals surface area contributed by atoms with E-state index in [0.29, 0.717) is 16.8 Å². The second-order valence-electron chi connectivity index (χ2n) is 7.07. The highest BCUT2D eigenvalue weighted by atomic mass is 16.2. The topological polar surface area (TPSA) is 88.0 Å². The molecular weight excluding hydrogens is 350 g/mol. The van der Waals surface area contributed by atoms with Crippen molar-refractivity contribution >= 4 is 50.3 Å². The van der Waals surface area contributed by atoms with Gasteiger partial charge in [-0.3, -0.25) is 14.9 Å². The lowest BCUT2D eigenvalue weighted by Crippen LogP contribution is -2.22. The summed E-state index contributed by atoms with van der Waals surface area (Å²) < 4.78 is 0. The molecule has 136 valence electrons. The van der Waals surface area contributed by atoms with Gasteiger partial charge in [0.1, 0.15) is 0 Å². The monoisotopic (exact) mass is 367 g/mol. The molecule has 28 heavy (non-hydrogen) atoms. The maximum atomic E-state index is 12.8. The average Bonchev–Trinajstić information content (AvgIpc) is 3.20. The van der Waals surface area contributed by atoms with Gasteiger partial charge in [0.25, 0.3) is 11.8 Å². The van der Waals surface area contributed by atoms with Crippen molar-refractivity contribution < 1.29 is 9.59 Å². The molecule has 0 atom stereocenters. The number of imide groups is 1. The fourth-order valence-electron chi connectivity index (χ4n) is 3.99. The summed E-state index contributed by atoms with van der Waals surface area (Å²) in [6.45, 7) is 1.97. The Morgan fingerprint density at radius 2 is 1.57 bits per heavy atom. The van der Waals surface area contributed by atoms with Crippen LogP contribution in [0.25, 0.3) is 32.8 Å². The molecule has 5 rings (SSSR count). The molecule has 0 saturated carbocycles. The quantitative estimate of drug-likeness (QED) is 0.372. The standard InChI is InChI=1S/C23H17N3O2/c1-12-8-13-10-14(24)6-7-15(13)17(9-12)20-21(23(28)26-22(20)27)18-11-25-19-5-3-2-4-16(18)19/h2-11,25H,24H2,1H3,(H,26,27,28). The maximum absolute atomic E-state index is 12.8. The van der Waals surface area contributed by atoms with Gasteiger partial charge < -0.3 is 10.7 Å². The number of rotatable bonds is 2. The van der Waals surface area contributed by atoms with Crippen molar-refractivity contribution in [2.45, 2.75) is 6.92 Å². The number of anilines is 1. The van der Waals surface area contributed by atoms with Crippen molar-refractivity contribution in [3.05, 3.63) is 77.5 Å². The third-order valence-electron chi connectivity index (χ3n) is 5.18. The van der Waals surface area contributed by atoms with Crippen molar-refractivity contribution in [3.8, 4) is 0 Å². The Morgan fingerprint density at radius 3 is 2.39 bits per heavy atom. The molecule has 4 N–H and O–H groups in total. The number of nitrogens with one attached hydrogen (secondary N) is 2. The van der Waals surface area contributed by atoms with E-state index < -0.39 is 0 Å². The molecular formula is C23H17N3O2. The van der Waals surface area contributed by atoms with E-state index in [1.54, 1.807) is 6.20 Å². The number of fused-ring (bicyclic) bond motifs is 2. The third-order valence-corrected chi connectivity index (χ3v) is 5.18. The van der Waals surface area contributed by atoms with Gasteiger partial charge in [-0.05, 0) is 47.0 Å². The van der Waals surface area contributed by atoms with Gasteiger partial charge in [0.05, 0.1) is 11.1 Å². The van der Waals surface area contributed by atoms with Crippen LogP contribution in [-0.4, -0.2) is 16.8 Å². The minimum atomic E-state index is -0.381. The van der Waals surface area contributed by atoms with Crippen LogP contribution in [-0.2, 0) is 9.59 Å². The van der Waals surface area contributed by atoms with Crippen molar-refractivity contribution in [2.24, 2.45) is 0 Å². The lowest BCUT2D eigenvalue weighted by molar-refractivity contribution is -0.122. The number of hydrogen-bond donors (Lipinski definition) is 3. The van der Waals surface area contributed by atoms with Crippen LogP contribution in [0, 0.1) is 6.92 Å². The Kier molecular flexibility index (Phi) is 3.39. The largest absolute Gasteiger partial charge is 0.399 e. The van der Waals surface area contributed by atoms with E-state index in [9.17, 15) is 9.59 Å². The van der Waals surface area contributed by atoms with E-state index in [4.69, 9.17) is 5.73 Å². The number of carbonyl (C=O) groups is 2. The molecule has 0 aliphatic carbocycles. The minimum absolute atomic E-state index is 0.380. The van der Waals surface area contributed by atoms with Gasteiger partial charge in [0, 0.05) is 28.4 Å². The van der Waals surface area contributed by atoms with Crippen LogP contribution >= 0.6 is 0 Å². The fourth-order valence-corrected chi connectivity index (χ4v) is 3.99. The molecule has 1 aliphatic rings. The molecule has 0 bridgehead atoms. The molecule has 3 aromatic carbocycles. The molecule has 5 heteroatoms. The molecule has 1 aromatic heterocycles. The van der Waals surface area contributed by atoms with Crippen LogP contribution < -0.4 is 11.1 Å². The zero-order valence-electron chi connectivity index (χ0n) is 15.2. The molecule has 5 nitrogen and oxygen atoms in total. The first-order chi connectivity index (χ1) is 13.5. The summed E-state index contributed by atoms with van der Waals surface area (Å²) in [5.41, 5.74) is 10.8. The Labute approximate surface area is 160 Å². The number of aromatic amines is 1. The number of aryl methyl sites for hydroxylation is 1. The Hall–Kier alpha value is -3.86. The van der Waals surface area contributed by atoms with Gasteiger partial charge in [0.2, 0.25) is 0 Å². The third kappa shape index (κ3) is 2.33. The molecule has 0 radical (unpaired) electrons. The van der Waals surface area contributed by atoms with Crippen molar-refractivity contribution in [2.75, 3.05) is 5.73 Å². The van der Waals surface area contributed by atoms with E-state index in [1.807, 2.05) is 61.5 Å². The van der Waals surface area contributed by atoms with Gasteiger partial charge in [0.15, 0.2) is 0 Å². The molecule has 2 heterocycles. The van der Waals surface area contributed by atoms with Gasteiger partial charge in [-0.25, -0.2) is 0 Å². The Bertz CT molecular complexity index is 1340. The molecule has 2 amide bonds. The van der Waals surface area contributed by atoms with Crippen LogP contribution in [0.5, 0.6) is 0 Å². The smallest absolute Gasteiger partial charge is 0.259 e. The molecule has 0 saturated heterocycles. The summed E-state index contributed by atoms with van der Waals surface area (Å²) in [6, 6.07) is 17.3. The van der Waals surface area contributed by atoms with Crippen LogP contribution in [0.2, 0.25) is 0 Å². The number of hydrogen-bond acceptors (Lipinski definition) is 3. The first-order valence-electron chi connectivity index (χ1n) is 8.99. The predicted octanol–water partition coefficient (Wildman–Crippen LogP) is 3.78. The van der Waals surface area contributed by atoms with Crippen molar-refractivity contribution in [1.82, 2.24) is 10.3 Å². The molecule has 4 aromatic rings. The highest BCUT2D eigenvalue weighted by Crippen LogP contribution is 2.38. The molecule has 0 spiro atoms. The number of nitrogens with two attached hydrogens (primary N) is 1. The number of para-hydroxylation sites is 1. The molecule has 1 aliphatic heterocycles. The van der Waals surface area contributed by atoms with Crippen LogP contribution in [0.15, 0.2) is 60.8 Å². The zero-order valence-corrected chi connectivity index (χ0v) is 15.2. The van der Waals surface area contributed by atoms with E-state index in [0.717, 1.165) is 38.4 Å². The summed E-state index contributed by atoms with van der Waals surface area (Å²) >= 11 is 0. The molecule has 0 unspecified atom stereocenters. The maximum Gasteiger partial charge on any atom is 0.259 e. The summed E-state index contributed by atoms with van der Waals surface area (Å²) in [5.74, 6) is -0.760. The normalized spacial score (nSPS) is 14.3. The second-order valence-corrected chi connectivity index (χ2v) is 7.07. The van der Waals surface area contributed by atoms with E-state index in [2.05, 4.69) is 10.3 Å². The molecule has 0 fully saturated rings. The number of benzene rings is 3. The summed E-state index contributed by atoms with van der Waals surface area (Å²) in [6.07, 6.45) is 1.79. The number of nitrogen functional groups attached to an aromatic ring is 1. The van der Waals surface area contributed by atoms with Crippen LogP contribution in [0.1, 0.15) is 16.7 Å². The summed E-state index contributed by atoms with van der Waals surface area (Å²) in [7, 11) is 0. The van der Waals surface area contributed by atoms with Crippen LogP contribution in [0.3, 0.4) is 0 Å². The number of amides is 2. The number of H-pyrrole nitrogens is 1. The SMILES string of the molecule is Cc1cc(C2=C(c3c[nH]c4ccccc34)C(=O)NC2=O)c2ccc(N)cc2c1. The average molecular weight is 367 g/mol. The van der Waals surface area contributed by atoms with E-state index in [-0.39, 0.29) is 11.8 Å². The van der Waals surface area contributed by atoms with Crippen LogP contribution in [0.4, 0.5) is 5.69 Å². The van der Waals surface area contributed by atoms with E-state index >= 15 is 0 Å². The summed E-state index contributed by atoms with van der Waals surface area (Å²) in [4.78, 5) is 28.8. The Balaban J connectivity index is 1.88. The lowest BCUT2D eigenvalue weighted by atomic mass is 9.91. The number of carbonyl (C=O) groups excluding carboxylic acids is 2. The van der Waals surface area contributed by atoms with Crippen molar-refractivity contribution in [1.29, 1.82) is 0 Å². The minimum Gasteiger partial charge on any atom is -0.399 e. The number of aromatic nitrogens is 1. The highest BCUT2D eigenvalue weighted by molar-refractivity contribution is 6.50. The first-order valence-corrected chi connectivity index (χ1v) is 8.99. The lowest BCUT2D eigenvalue weighted by Gasteiger charge is -2.11. The fraction of sp³-hybridized carbons (Fsp3) is 0.0435. The van der Waals surface area contributed by atoms with Crippen molar-refractivity contribution in [3.63, 3.8) is 0 Å². The Morgan fingerprint density at radius 1 is 0.821 bits per heavy atom. The van der Waals surface area contributed by atoms with Gasteiger partial charge in [-0.15, -0.1) is 0 Å².